The summed E-state index contributed by atoms with van der Waals surface area (Å²) in [6.45, 7) is 2.00. The third-order valence-electron chi connectivity index (χ3n) is 2.88. The standard InChI is InChI=1S/C12H15Cl2N3O.ClH/c13-10-2-1-9(5-11(10)14)16-12(18)7-17-4-3-8(15)6-17;/h1-2,5,8H,3-4,6-7,15H2,(H,16,18);1H/t8-;/m1./s1. The van der Waals surface area contributed by atoms with Gasteiger partial charge in [0.2, 0.25) is 5.91 Å². The van der Waals surface area contributed by atoms with Crippen LogP contribution in [0.5, 0.6) is 0 Å². The van der Waals surface area contributed by atoms with E-state index < -0.39 is 0 Å². The number of rotatable bonds is 3. The minimum Gasteiger partial charge on any atom is -0.326 e. The van der Waals surface area contributed by atoms with Crippen LogP contribution in [0, 0.1) is 0 Å². The highest BCUT2D eigenvalue weighted by atomic mass is 35.5. The molecule has 2 rings (SSSR count). The predicted octanol–water partition coefficient (Wildman–Crippen LogP) is 2.39. The smallest absolute Gasteiger partial charge is 0.238 e. The zero-order valence-corrected chi connectivity index (χ0v) is 12.6. The summed E-state index contributed by atoms with van der Waals surface area (Å²) >= 11 is 11.7. The molecule has 4 nitrogen and oxygen atoms in total. The van der Waals surface area contributed by atoms with Crippen LogP contribution in [0.1, 0.15) is 6.42 Å². The Labute approximate surface area is 128 Å². The Morgan fingerprint density at radius 2 is 2.16 bits per heavy atom. The van der Waals surface area contributed by atoms with E-state index in [-0.39, 0.29) is 24.4 Å². The van der Waals surface area contributed by atoms with Crippen LogP contribution < -0.4 is 11.1 Å². The lowest BCUT2D eigenvalue weighted by Gasteiger charge is -2.14. The SMILES string of the molecule is Cl.N[C@@H]1CCN(CC(=O)Nc2ccc(Cl)c(Cl)c2)C1. The van der Waals surface area contributed by atoms with Crippen LogP contribution >= 0.6 is 35.6 Å². The molecule has 106 valence electrons. The summed E-state index contributed by atoms with van der Waals surface area (Å²) in [5.41, 5.74) is 6.44. The molecule has 19 heavy (non-hydrogen) atoms. The Bertz CT molecular complexity index is 456. The van der Waals surface area contributed by atoms with E-state index >= 15 is 0 Å². The molecule has 0 unspecified atom stereocenters. The highest BCUT2D eigenvalue weighted by Crippen LogP contribution is 2.24. The molecule has 7 heteroatoms. The van der Waals surface area contributed by atoms with Gasteiger partial charge in [0, 0.05) is 24.8 Å². The molecule has 1 aliphatic heterocycles. The highest BCUT2D eigenvalue weighted by Gasteiger charge is 2.20. The number of halogens is 3. The van der Waals surface area contributed by atoms with Crippen LogP contribution in [0.15, 0.2) is 18.2 Å². The summed E-state index contributed by atoms with van der Waals surface area (Å²) in [7, 11) is 0. The lowest BCUT2D eigenvalue weighted by Crippen LogP contribution is -2.33. The second kappa shape index (κ2) is 7.31. The monoisotopic (exact) mass is 323 g/mol. The summed E-state index contributed by atoms with van der Waals surface area (Å²) in [5, 5.41) is 3.69. The van der Waals surface area contributed by atoms with Crippen LogP contribution in [-0.2, 0) is 4.79 Å². The van der Waals surface area contributed by atoms with E-state index in [4.69, 9.17) is 28.9 Å². The van der Waals surface area contributed by atoms with Crippen molar-refractivity contribution in [1.82, 2.24) is 4.90 Å². The van der Waals surface area contributed by atoms with Crippen LogP contribution in [-0.4, -0.2) is 36.5 Å². The van der Waals surface area contributed by atoms with Crippen molar-refractivity contribution in [2.45, 2.75) is 12.5 Å². The first-order valence-electron chi connectivity index (χ1n) is 5.77. The van der Waals surface area contributed by atoms with Crippen LogP contribution in [0.2, 0.25) is 10.0 Å². The summed E-state index contributed by atoms with van der Waals surface area (Å²) in [5.74, 6) is -0.0671. The van der Waals surface area contributed by atoms with Gasteiger partial charge in [-0.3, -0.25) is 9.69 Å². The third-order valence-corrected chi connectivity index (χ3v) is 3.62. The maximum Gasteiger partial charge on any atom is 0.238 e. The number of benzene rings is 1. The maximum atomic E-state index is 11.8. The van der Waals surface area contributed by atoms with Gasteiger partial charge in [-0.25, -0.2) is 0 Å². The number of carbonyl (C=O) groups excluding carboxylic acids is 1. The molecule has 0 saturated carbocycles. The van der Waals surface area contributed by atoms with E-state index in [0.717, 1.165) is 19.5 Å². The van der Waals surface area contributed by atoms with E-state index in [0.29, 0.717) is 22.3 Å². The Hall–Kier alpha value is -0.520. The zero-order valence-electron chi connectivity index (χ0n) is 10.2. The molecular weight excluding hydrogens is 309 g/mol. The summed E-state index contributed by atoms with van der Waals surface area (Å²) in [6.07, 6.45) is 0.944. The fraction of sp³-hybridized carbons (Fsp3) is 0.417. The van der Waals surface area contributed by atoms with Crippen molar-refractivity contribution >= 4 is 47.2 Å². The minimum absolute atomic E-state index is 0. The zero-order chi connectivity index (χ0) is 13.1. The van der Waals surface area contributed by atoms with Crippen molar-refractivity contribution in [2.24, 2.45) is 5.73 Å². The fourth-order valence-electron chi connectivity index (χ4n) is 1.98. The molecule has 3 N–H and O–H groups in total. The average Bonchev–Trinajstić information content (AvgIpc) is 2.69. The van der Waals surface area contributed by atoms with Crippen LogP contribution in [0.3, 0.4) is 0 Å². The number of likely N-dealkylation sites (tertiary alicyclic amines) is 1. The number of nitrogens with one attached hydrogen (secondary N) is 1. The van der Waals surface area contributed by atoms with Gasteiger partial charge < -0.3 is 11.1 Å². The van der Waals surface area contributed by atoms with E-state index in [1.165, 1.54) is 0 Å². The Morgan fingerprint density at radius 1 is 1.42 bits per heavy atom. The molecule has 1 fully saturated rings. The van der Waals surface area contributed by atoms with Crippen molar-refractivity contribution in [3.63, 3.8) is 0 Å². The molecule has 0 radical (unpaired) electrons. The molecule has 1 aromatic carbocycles. The quantitative estimate of drug-likeness (QED) is 0.897. The van der Waals surface area contributed by atoms with Crippen molar-refractivity contribution in [2.75, 3.05) is 25.0 Å². The van der Waals surface area contributed by atoms with Crippen LogP contribution in [0.4, 0.5) is 5.69 Å². The van der Waals surface area contributed by atoms with Crippen molar-refractivity contribution in [3.05, 3.63) is 28.2 Å². The van der Waals surface area contributed by atoms with Gasteiger partial charge >= 0.3 is 0 Å². The van der Waals surface area contributed by atoms with Gasteiger partial charge in [-0.15, -0.1) is 12.4 Å². The van der Waals surface area contributed by atoms with Gasteiger partial charge in [0.25, 0.3) is 0 Å². The predicted molar refractivity (Wildman–Crippen MR) is 81.4 cm³/mol. The van der Waals surface area contributed by atoms with Crippen molar-refractivity contribution in [3.8, 4) is 0 Å². The van der Waals surface area contributed by atoms with E-state index in [2.05, 4.69) is 5.32 Å². The van der Waals surface area contributed by atoms with Crippen molar-refractivity contribution < 1.29 is 4.79 Å². The molecule has 0 bridgehead atoms. The van der Waals surface area contributed by atoms with E-state index in [9.17, 15) is 4.79 Å². The molecule has 1 saturated heterocycles. The summed E-state index contributed by atoms with van der Waals surface area (Å²) in [4.78, 5) is 13.8. The van der Waals surface area contributed by atoms with Gasteiger partial charge in [-0.1, -0.05) is 23.2 Å². The number of hydrogen-bond donors (Lipinski definition) is 2. The molecule has 1 amide bonds. The lowest BCUT2D eigenvalue weighted by molar-refractivity contribution is -0.117. The summed E-state index contributed by atoms with van der Waals surface area (Å²) < 4.78 is 0. The number of anilines is 1. The maximum absolute atomic E-state index is 11.8. The van der Waals surface area contributed by atoms with E-state index in [1.54, 1.807) is 18.2 Å². The Morgan fingerprint density at radius 3 is 2.74 bits per heavy atom. The van der Waals surface area contributed by atoms with Gasteiger partial charge in [0.05, 0.1) is 16.6 Å². The summed E-state index contributed by atoms with van der Waals surface area (Å²) in [6, 6.07) is 5.20. The van der Waals surface area contributed by atoms with Gasteiger partial charge in [-0.05, 0) is 24.6 Å². The first-order valence-corrected chi connectivity index (χ1v) is 6.53. The Kier molecular flexibility index (Phi) is 6.36. The average molecular weight is 325 g/mol. The largest absolute Gasteiger partial charge is 0.326 e. The molecule has 1 aromatic rings. The first kappa shape index (κ1) is 16.5. The van der Waals surface area contributed by atoms with Gasteiger partial charge in [0.1, 0.15) is 0 Å². The second-order valence-electron chi connectivity index (χ2n) is 4.46. The number of nitrogens with zero attached hydrogens (tertiary/aromatic N) is 1. The minimum atomic E-state index is -0.0671. The van der Waals surface area contributed by atoms with E-state index in [1.807, 2.05) is 4.90 Å². The lowest BCUT2D eigenvalue weighted by atomic mass is 10.3. The topological polar surface area (TPSA) is 58.4 Å². The van der Waals surface area contributed by atoms with Crippen LogP contribution in [0.25, 0.3) is 0 Å². The Balaban J connectivity index is 0.00000180. The van der Waals surface area contributed by atoms with Gasteiger partial charge in [0.15, 0.2) is 0 Å². The number of amides is 1. The first-order chi connectivity index (χ1) is 8.54. The highest BCUT2D eigenvalue weighted by molar-refractivity contribution is 6.42. The fourth-order valence-corrected chi connectivity index (χ4v) is 2.28. The van der Waals surface area contributed by atoms with Gasteiger partial charge in [-0.2, -0.15) is 0 Å². The molecule has 0 aliphatic carbocycles. The second-order valence-corrected chi connectivity index (χ2v) is 5.28. The number of nitrogens with two attached hydrogens (primary N) is 1. The molecule has 1 atom stereocenters. The number of hydrogen-bond acceptors (Lipinski definition) is 3. The normalized spacial score (nSPS) is 19.0. The molecule has 1 aliphatic rings. The molecular formula is C12H16Cl3N3O. The third kappa shape index (κ3) is 4.82. The van der Waals surface area contributed by atoms with Crippen molar-refractivity contribution in [1.29, 1.82) is 0 Å². The molecule has 0 aromatic heterocycles. The molecule has 0 spiro atoms. The number of carbonyl (C=O) groups is 1. The molecule has 1 heterocycles.